The molecular weight excluding hydrogens is 316 g/mol. The van der Waals surface area contributed by atoms with Gasteiger partial charge in [0.15, 0.2) is 0 Å². The summed E-state index contributed by atoms with van der Waals surface area (Å²) in [4.78, 5) is 12.2. The van der Waals surface area contributed by atoms with Crippen LogP contribution in [0.25, 0.3) is 0 Å². The maximum absolute atomic E-state index is 12.2. The van der Waals surface area contributed by atoms with Gasteiger partial charge in [0.05, 0.1) is 11.7 Å². The third kappa shape index (κ3) is 1.97. The predicted molar refractivity (Wildman–Crippen MR) is 94.8 cm³/mol. The third-order valence-corrected chi connectivity index (χ3v) is 8.86. The molecule has 3 saturated carbocycles. The smallest absolute Gasteiger partial charge is 0.133 e. The largest absolute Gasteiger partial charge is 0.393 e. The van der Waals surface area contributed by atoms with Crippen LogP contribution in [0.2, 0.25) is 0 Å². The van der Waals surface area contributed by atoms with Crippen LogP contribution in [0, 0.1) is 22.7 Å². The van der Waals surface area contributed by atoms with Gasteiger partial charge in [0.1, 0.15) is 11.4 Å². The van der Waals surface area contributed by atoms with Gasteiger partial charge in [-0.05, 0) is 69.6 Å². The summed E-state index contributed by atoms with van der Waals surface area (Å²) in [7, 11) is 0. The fourth-order valence-corrected chi connectivity index (χ4v) is 7.33. The molecule has 3 unspecified atom stereocenters. The lowest BCUT2D eigenvalue weighted by molar-refractivity contribution is -0.271. The van der Waals surface area contributed by atoms with Crippen LogP contribution in [0.3, 0.4) is 0 Å². The lowest BCUT2D eigenvalue weighted by atomic mass is 9.43. The molecule has 3 fully saturated rings. The van der Waals surface area contributed by atoms with Crippen molar-refractivity contribution in [1.29, 1.82) is 0 Å². The Kier molecular flexibility index (Phi) is 3.66. The minimum atomic E-state index is -1.21. The van der Waals surface area contributed by atoms with E-state index in [-0.39, 0.29) is 29.1 Å². The first-order chi connectivity index (χ1) is 11.6. The molecule has 4 aliphatic rings. The number of hydrogen-bond acceptors (Lipinski definition) is 4. The second-order valence-electron chi connectivity index (χ2n) is 9.74. The molecule has 0 saturated heterocycles. The molecule has 0 aromatic rings. The fraction of sp³-hybridized carbons (Fsp3) is 0.857. The Morgan fingerprint density at radius 1 is 1.12 bits per heavy atom. The highest BCUT2D eigenvalue weighted by atomic mass is 16.4. The monoisotopic (exact) mass is 348 g/mol. The Balaban J connectivity index is 1.79. The SMILES string of the molecule is CC(=O)C1CC[C@@]2(O)[C@]1(C)CCC1C3(C)CC[C@H](O)CC3=CC[C@]12O. The molecule has 0 spiro atoms. The van der Waals surface area contributed by atoms with E-state index in [1.807, 2.05) is 6.92 Å². The number of aliphatic hydroxyl groups excluding tert-OH is 1. The van der Waals surface area contributed by atoms with E-state index in [1.54, 1.807) is 6.92 Å². The van der Waals surface area contributed by atoms with Crippen molar-refractivity contribution in [3.05, 3.63) is 11.6 Å². The van der Waals surface area contributed by atoms with E-state index >= 15 is 0 Å². The molecule has 0 heterocycles. The van der Waals surface area contributed by atoms with Crippen molar-refractivity contribution in [2.45, 2.75) is 89.4 Å². The number of Topliss-reactive ketones (excluding diaryl/α,β-unsaturated/α-hetero) is 1. The van der Waals surface area contributed by atoms with Gasteiger partial charge in [-0.2, -0.15) is 0 Å². The summed E-state index contributed by atoms with van der Waals surface area (Å²) < 4.78 is 0. The van der Waals surface area contributed by atoms with Crippen molar-refractivity contribution in [3.8, 4) is 0 Å². The molecule has 0 aromatic carbocycles. The van der Waals surface area contributed by atoms with Gasteiger partial charge in [0.25, 0.3) is 0 Å². The topological polar surface area (TPSA) is 77.8 Å². The molecule has 25 heavy (non-hydrogen) atoms. The molecule has 0 aliphatic heterocycles. The van der Waals surface area contributed by atoms with Gasteiger partial charge in [0, 0.05) is 11.3 Å². The second-order valence-corrected chi connectivity index (χ2v) is 9.74. The molecule has 3 N–H and O–H groups in total. The van der Waals surface area contributed by atoms with Crippen LogP contribution in [0.4, 0.5) is 0 Å². The first-order valence-corrected chi connectivity index (χ1v) is 9.91. The molecule has 0 aromatic heterocycles. The Morgan fingerprint density at radius 2 is 1.84 bits per heavy atom. The Labute approximate surface area is 150 Å². The van der Waals surface area contributed by atoms with Crippen LogP contribution >= 0.6 is 0 Å². The second kappa shape index (κ2) is 5.17. The minimum Gasteiger partial charge on any atom is -0.393 e. The van der Waals surface area contributed by atoms with Crippen molar-refractivity contribution >= 4 is 5.78 Å². The minimum absolute atomic E-state index is 0.00344. The van der Waals surface area contributed by atoms with E-state index in [0.29, 0.717) is 25.7 Å². The van der Waals surface area contributed by atoms with E-state index in [1.165, 1.54) is 5.57 Å². The quantitative estimate of drug-likeness (QED) is 0.637. The van der Waals surface area contributed by atoms with E-state index in [9.17, 15) is 20.1 Å². The van der Waals surface area contributed by atoms with Crippen LogP contribution in [0.5, 0.6) is 0 Å². The number of ketones is 1. The maximum Gasteiger partial charge on any atom is 0.133 e. The zero-order valence-corrected chi connectivity index (χ0v) is 15.7. The summed E-state index contributed by atoms with van der Waals surface area (Å²) in [5.74, 6) is -0.0235. The van der Waals surface area contributed by atoms with E-state index in [2.05, 4.69) is 13.0 Å². The van der Waals surface area contributed by atoms with Crippen molar-refractivity contribution in [2.75, 3.05) is 0 Å². The van der Waals surface area contributed by atoms with E-state index < -0.39 is 16.6 Å². The van der Waals surface area contributed by atoms with Gasteiger partial charge in [-0.1, -0.05) is 25.5 Å². The number of carbonyl (C=O) groups is 1. The normalized spacial score (nSPS) is 55.0. The molecule has 7 atom stereocenters. The highest BCUT2D eigenvalue weighted by Crippen LogP contribution is 2.69. The third-order valence-electron chi connectivity index (χ3n) is 8.86. The average molecular weight is 348 g/mol. The van der Waals surface area contributed by atoms with Crippen molar-refractivity contribution < 1.29 is 20.1 Å². The molecule has 0 radical (unpaired) electrons. The van der Waals surface area contributed by atoms with Crippen molar-refractivity contribution in [3.63, 3.8) is 0 Å². The van der Waals surface area contributed by atoms with Crippen molar-refractivity contribution in [1.82, 2.24) is 0 Å². The maximum atomic E-state index is 12.2. The number of fused-ring (bicyclic) bond motifs is 5. The summed E-state index contributed by atoms with van der Waals surface area (Å²) in [6.07, 6.45) is 7.34. The molecule has 4 heteroatoms. The first-order valence-electron chi connectivity index (χ1n) is 9.91. The molecule has 0 amide bonds. The Hall–Kier alpha value is -0.710. The highest BCUT2D eigenvalue weighted by Gasteiger charge is 2.73. The number of aliphatic hydroxyl groups is 3. The van der Waals surface area contributed by atoms with Gasteiger partial charge in [-0.25, -0.2) is 0 Å². The molecule has 4 aliphatic carbocycles. The van der Waals surface area contributed by atoms with Crippen LogP contribution in [0.1, 0.15) is 72.1 Å². The number of carbonyl (C=O) groups excluding carboxylic acids is 1. The summed E-state index contributed by atoms with van der Waals surface area (Å²) in [6, 6.07) is 0. The first kappa shape index (κ1) is 17.7. The van der Waals surface area contributed by atoms with Crippen LogP contribution in [-0.4, -0.2) is 38.4 Å². The van der Waals surface area contributed by atoms with E-state index in [0.717, 1.165) is 25.7 Å². The summed E-state index contributed by atoms with van der Waals surface area (Å²) in [6.45, 7) is 5.86. The molecule has 0 bridgehead atoms. The van der Waals surface area contributed by atoms with E-state index in [4.69, 9.17) is 0 Å². The van der Waals surface area contributed by atoms with Crippen LogP contribution in [-0.2, 0) is 4.79 Å². The molecule has 4 nitrogen and oxygen atoms in total. The predicted octanol–water partition coefficient (Wildman–Crippen LogP) is 2.75. The standard InChI is InChI=1S/C21H32O4/c1-13(22)16-6-11-21(25)19(16,3)9-7-17-18(2)8-5-15(23)12-14(18)4-10-20(17,21)24/h4,15-17,23-25H,5-12H2,1-3H3/t15-,16?,17?,18?,19+,20-,21+/m0/s1. The number of hydrogen-bond donors (Lipinski definition) is 3. The molecular formula is C21H32O4. The van der Waals surface area contributed by atoms with Crippen LogP contribution in [0.15, 0.2) is 11.6 Å². The summed E-state index contributed by atoms with van der Waals surface area (Å²) >= 11 is 0. The average Bonchev–Trinajstić information content (AvgIpc) is 2.82. The Morgan fingerprint density at radius 3 is 2.52 bits per heavy atom. The Bertz CT molecular complexity index is 642. The molecule has 140 valence electrons. The van der Waals surface area contributed by atoms with Gasteiger partial charge in [-0.15, -0.1) is 0 Å². The lowest BCUT2D eigenvalue weighted by Gasteiger charge is -2.65. The van der Waals surface area contributed by atoms with Gasteiger partial charge < -0.3 is 15.3 Å². The zero-order chi connectivity index (χ0) is 18.3. The molecule has 4 rings (SSSR count). The van der Waals surface area contributed by atoms with Gasteiger partial charge >= 0.3 is 0 Å². The van der Waals surface area contributed by atoms with Gasteiger partial charge in [0.2, 0.25) is 0 Å². The zero-order valence-electron chi connectivity index (χ0n) is 15.7. The number of rotatable bonds is 1. The fourth-order valence-electron chi connectivity index (χ4n) is 7.33. The highest BCUT2D eigenvalue weighted by molar-refractivity contribution is 5.80. The van der Waals surface area contributed by atoms with Crippen molar-refractivity contribution in [2.24, 2.45) is 22.7 Å². The van der Waals surface area contributed by atoms with Crippen LogP contribution < -0.4 is 0 Å². The summed E-state index contributed by atoms with van der Waals surface area (Å²) in [5.41, 5.74) is -1.82. The van der Waals surface area contributed by atoms with Gasteiger partial charge in [-0.3, -0.25) is 4.79 Å². The summed E-state index contributed by atoms with van der Waals surface area (Å²) in [5, 5.41) is 33.8. The lowest BCUT2D eigenvalue weighted by Crippen LogP contribution is -2.71.